The number of nitrogens with two attached hydrogens (primary N) is 1. The Labute approximate surface area is 195 Å². The molecule has 0 bridgehead atoms. The largest absolute Gasteiger partial charge is 0.378 e. The molecule has 3 N–H and O–H groups in total. The highest BCUT2D eigenvalue weighted by Crippen LogP contribution is 2.26. The summed E-state index contributed by atoms with van der Waals surface area (Å²) in [5.41, 5.74) is 9.15. The molecule has 162 valence electrons. The van der Waals surface area contributed by atoms with Gasteiger partial charge in [0.2, 0.25) is 11.6 Å². The Hall–Kier alpha value is -3.41. The number of nitrogens with one attached hydrogen (secondary N) is 1. The van der Waals surface area contributed by atoms with Crippen LogP contribution in [0.2, 0.25) is 10.0 Å². The average molecular weight is 489 g/mol. The molecule has 0 aliphatic heterocycles. The van der Waals surface area contributed by atoms with Crippen LogP contribution in [0, 0.1) is 0 Å². The monoisotopic (exact) mass is 488 g/mol. The van der Waals surface area contributed by atoms with E-state index in [-0.39, 0.29) is 17.3 Å². The summed E-state index contributed by atoms with van der Waals surface area (Å²) < 4.78 is 5.96. The standard InChI is InChI=1S/C19H14Cl2N8O2S/c20-13-7-4-8-14(21)12(13)9-23-25-19(30)16-15(10-32-11-5-2-1-3-6-11)29(28-24-16)18-17(22)26-31-27-18/h1-9H,10H2,(H2,22,26)(H,25,30). The zero-order valence-electron chi connectivity index (χ0n) is 16.1. The lowest BCUT2D eigenvalue weighted by Gasteiger charge is -2.06. The summed E-state index contributed by atoms with van der Waals surface area (Å²) in [6.07, 6.45) is 1.35. The van der Waals surface area contributed by atoms with Crippen molar-refractivity contribution >= 4 is 52.9 Å². The van der Waals surface area contributed by atoms with Crippen LogP contribution in [-0.2, 0) is 5.75 Å². The normalized spacial score (nSPS) is 11.2. The van der Waals surface area contributed by atoms with E-state index < -0.39 is 5.91 Å². The van der Waals surface area contributed by atoms with E-state index in [0.29, 0.717) is 27.1 Å². The van der Waals surface area contributed by atoms with E-state index in [9.17, 15) is 4.79 Å². The molecule has 0 unspecified atom stereocenters. The number of nitrogens with zero attached hydrogens (tertiary/aromatic N) is 6. The fourth-order valence-corrected chi connectivity index (χ4v) is 4.03. The van der Waals surface area contributed by atoms with Crippen LogP contribution in [0.1, 0.15) is 21.7 Å². The first-order valence-electron chi connectivity index (χ1n) is 9.03. The predicted octanol–water partition coefficient (Wildman–Crippen LogP) is 3.60. The van der Waals surface area contributed by atoms with Crippen molar-refractivity contribution in [2.75, 3.05) is 5.73 Å². The number of hydrazone groups is 1. The average Bonchev–Trinajstić information content (AvgIpc) is 3.40. The van der Waals surface area contributed by atoms with Gasteiger partial charge in [-0.3, -0.25) is 4.79 Å². The molecule has 0 aliphatic carbocycles. The number of thioether (sulfide) groups is 1. The van der Waals surface area contributed by atoms with Crippen molar-refractivity contribution in [3.63, 3.8) is 0 Å². The van der Waals surface area contributed by atoms with Gasteiger partial charge in [0.05, 0.1) is 22.0 Å². The first-order chi connectivity index (χ1) is 15.5. The summed E-state index contributed by atoms with van der Waals surface area (Å²) in [7, 11) is 0. The zero-order chi connectivity index (χ0) is 22.5. The Kier molecular flexibility index (Phi) is 6.69. The number of halogens is 2. The molecule has 0 spiro atoms. The van der Waals surface area contributed by atoms with Crippen molar-refractivity contribution in [3.8, 4) is 5.82 Å². The lowest BCUT2D eigenvalue weighted by atomic mass is 10.2. The van der Waals surface area contributed by atoms with Crippen LogP contribution in [0.4, 0.5) is 5.82 Å². The zero-order valence-corrected chi connectivity index (χ0v) is 18.5. The number of anilines is 1. The number of benzene rings is 2. The molecule has 0 fully saturated rings. The van der Waals surface area contributed by atoms with Crippen molar-refractivity contribution in [3.05, 3.63) is 75.5 Å². The Morgan fingerprint density at radius 1 is 1.16 bits per heavy atom. The molecule has 0 atom stereocenters. The summed E-state index contributed by atoms with van der Waals surface area (Å²) in [4.78, 5) is 13.8. The molecule has 0 saturated heterocycles. The van der Waals surface area contributed by atoms with Crippen LogP contribution in [0.3, 0.4) is 0 Å². The van der Waals surface area contributed by atoms with Gasteiger partial charge in [0.1, 0.15) is 0 Å². The lowest BCUT2D eigenvalue weighted by Crippen LogP contribution is -2.20. The molecule has 2 heterocycles. The molecule has 2 aromatic carbocycles. The second kappa shape index (κ2) is 9.81. The lowest BCUT2D eigenvalue weighted by molar-refractivity contribution is 0.0949. The number of hydrogen-bond donors (Lipinski definition) is 2. The van der Waals surface area contributed by atoms with Crippen LogP contribution >= 0.6 is 35.0 Å². The maximum absolute atomic E-state index is 12.8. The molecule has 1 amide bonds. The molecular formula is C19H14Cl2N8O2S. The van der Waals surface area contributed by atoms with Crippen molar-refractivity contribution in [1.29, 1.82) is 0 Å². The minimum Gasteiger partial charge on any atom is -0.378 e. The van der Waals surface area contributed by atoms with E-state index in [1.54, 1.807) is 18.2 Å². The molecule has 32 heavy (non-hydrogen) atoms. The second-order valence-corrected chi connectivity index (χ2v) is 8.07. The summed E-state index contributed by atoms with van der Waals surface area (Å²) in [5.74, 6) is -0.105. The number of carbonyl (C=O) groups excluding carboxylic acids is 1. The van der Waals surface area contributed by atoms with E-state index in [1.165, 1.54) is 22.7 Å². The third-order valence-electron chi connectivity index (χ3n) is 4.15. The Morgan fingerprint density at radius 3 is 2.59 bits per heavy atom. The van der Waals surface area contributed by atoms with Crippen molar-refractivity contribution < 1.29 is 9.42 Å². The maximum atomic E-state index is 12.8. The molecular weight excluding hydrogens is 475 g/mol. The second-order valence-electron chi connectivity index (χ2n) is 6.21. The molecule has 4 rings (SSSR count). The van der Waals surface area contributed by atoms with E-state index in [1.807, 2.05) is 30.3 Å². The third kappa shape index (κ3) is 4.74. The van der Waals surface area contributed by atoms with Crippen LogP contribution in [0.25, 0.3) is 5.82 Å². The Bertz CT molecular complexity index is 1260. The summed E-state index contributed by atoms with van der Waals surface area (Å²) in [5, 5.41) is 20.0. The number of hydrogen-bond acceptors (Lipinski definition) is 9. The molecule has 0 aliphatic rings. The summed E-state index contributed by atoms with van der Waals surface area (Å²) in [6, 6.07) is 14.7. The Morgan fingerprint density at radius 2 is 1.91 bits per heavy atom. The van der Waals surface area contributed by atoms with Gasteiger partial charge in [-0.1, -0.05) is 52.7 Å². The molecule has 13 heteroatoms. The third-order valence-corrected chi connectivity index (χ3v) is 5.84. The first-order valence-corrected chi connectivity index (χ1v) is 10.8. The van der Waals surface area contributed by atoms with Crippen molar-refractivity contribution in [2.45, 2.75) is 10.6 Å². The van der Waals surface area contributed by atoms with E-state index >= 15 is 0 Å². The molecule has 2 aromatic heterocycles. The molecule has 0 radical (unpaired) electrons. The summed E-state index contributed by atoms with van der Waals surface area (Å²) in [6.45, 7) is 0. The van der Waals surface area contributed by atoms with Gasteiger partial charge in [-0.15, -0.1) is 16.9 Å². The van der Waals surface area contributed by atoms with Gasteiger partial charge in [0.15, 0.2) is 5.69 Å². The van der Waals surface area contributed by atoms with Crippen molar-refractivity contribution in [2.24, 2.45) is 5.10 Å². The van der Waals surface area contributed by atoms with Crippen LogP contribution < -0.4 is 11.2 Å². The van der Waals surface area contributed by atoms with Crippen LogP contribution in [-0.4, -0.2) is 37.4 Å². The summed E-state index contributed by atoms with van der Waals surface area (Å²) >= 11 is 13.7. The number of nitrogen functional groups attached to an aromatic ring is 1. The van der Waals surface area contributed by atoms with E-state index in [0.717, 1.165) is 4.90 Å². The minimum absolute atomic E-state index is 0.0131. The number of amides is 1. The SMILES string of the molecule is Nc1nonc1-n1nnc(C(=O)NN=Cc2c(Cl)cccc2Cl)c1CSc1ccccc1. The number of aromatic nitrogens is 5. The number of rotatable bonds is 7. The van der Waals surface area contributed by atoms with Crippen LogP contribution in [0.5, 0.6) is 0 Å². The number of carbonyl (C=O) groups is 1. The topological polar surface area (TPSA) is 137 Å². The fourth-order valence-electron chi connectivity index (χ4n) is 2.63. The van der Waals surface area contributed by atoms with Gasteiger partial charge in [0.25, 0.3) is 5.91 Å². The van der Waals surface area contributed by atoms with Gasteiger partial charge < -0.3 is 5.73 Å². The smallest absolute Gasteiger partial charge is 0.293 e. The highest BCUT2D eigenvalue weighted by atomic mass is 35.5. The van der Waals surface area contributed by atoms with Gasteiger partial charge >= 0.3 is 0 Å². The molecule has 4 aromatic rings. The highest BCUT2D eigenvalue weighted by molar-refractivity contribution is 7.98. The van der Waals surface area contributed by atoms with Gasteiger partial charge in [-0.25, -0.2) is 10.1 Å². The van der Waals surface area contributed by atoms with Gasteiger partial charge in [-0.05, 0) is 34.6 Å². The predicted molar refractivity (Wildman–Crippen MR) is 121 cm³/mol. The highest BCUT2D eigenvalue weighted by Gasteiger charge is 2.24. The Balaban J connectivity index is 1.59. The fraction of sp³-hybridized carbons (Fsp3) is 0.0526. The van der Waals surface area contributed by atoms with Crippen LogP contribution in [0.15, 0.2) is 63.2 Å². The van der Waals surface area contributed by atoms with Gasteiger partial charge in [-0.2, -0.15) is 9.78 Å². The molecule has 0 saturated carbocycles. The molecule has 10 nitrogen and oxygen atoms in total. The first kappa shape index (κ1) is 21.8. The maximum Gasteiger partial charge on any atom is 0.293 e. The van der Waals surface area contributed by atoms with E-state index in [4.69, 9.17) is 28.9 Å². The quantitative estimate of drug-likeness (QED) is 0.228. The van der Waals surface area contributed by atoms with Gasteiger partial charge in [0, 0.05) is 16.2 Å². The van der Waals surface area contributed by atoms with Crippen molar-refractivity contribution in [1.82, 2.24) is 30.7 Å². The minimum atomic E-state index is -0.589. The van der Waals surface area contributed by atoms with E-state index in [2.05, 4.69) is 35.8 Å².